The van der Waals surface area contributed by atoms with Crippen LogP contribution in [0.3, 0.4) is 0 Å². The third kappa shape index (κ3) is 3.23. The van der Waals surface area contributed by atoms with Gasteiger partial charge in [-0.25, -0.2) is 4.98 Å². The molecule has 2 heterocycles. The van der Waals surface area contributed by atoms with E-state index in [4.69, 9.17) is 0 Å². The van der Waals surface area contributed by atoms with Gasteiger partial charge in [0.15, 0.2) is 0 Å². The van der Waals surface area contributed by atoms with Crippen molar-refractivity contribution in [1.29, 1.82) is 0 Å². The lowest BCUT2D eigenvalue weighted by Crippen LogP contribution is -2.49. The average molecular weight is 319 g/mol. The van der Waals surface area contributed by atoms with Gasteiger partial charge in [-0.2, -0.15) is 4.37 Å². The monoisotopic (exact) mass is 319 g/mol. The van der Waals surface area contributed by atoms with Gasteiger partial charge in [-0.15, -0.1) is 0 Å². The van der Waals surface area contributed by atoms with E-state index in [1.165, 1.54) is 17.6 Å². The molecule has 8 heteroatoms. The molecule has 1 aromatic carbocycles. The molecule has 22 heavy (non-hydrogen) atoms. The summed E-state index contributed by atoms with van der Waals surface area (Å²) in [6, 6.07) is 7.17. The van der Waals surface area contributed by atoms with E-state index in [1.54, 1.807) is 18.2 Å². The van der Waals surface area contributed by atoms with E-state index in [0.29, 0.717) is 23.9 Å². The van der Waals surface area contributed by atoms with Gasteiger partial charge in [0.25, 0.3) is 5.69 Å². The van der Waals surface area contributed by atoms with Crippen LogP contribution < -0.4 is 10.2 Å². The van der Waals surface area contributed by atoms with Crippen molar-refractivity contribution in [3.63, 3.8) is 0 Å². The molecule has 0 spiro atoms. The van der Waals surface area contributed by atoms with E-state index in [2.05, 4.69) is 26.5 Å². The van der Waals surface area contributed by atoms with Crippen LogP contribution in [0.1, 0.15) is 18.3 Å². The van der Waals surface area contributed by atoms with Gasteiger partial charge in [0.05, 0.1) is 4.92 Å². The van der Waals surface area contributed by atoms with E-state index in [-0.39, 0.29) is 10.6 Å². The third-order valence-electron chi connectivity index (χ3n) is 3.63. The first-order chi connectivity index (χ1) is 10.6. The molecule has 1 aliphatic rings. The minimum atomic E-state index is -0.361. The molecule has 1 saturated heterocycles. The average Bonchev–Trinajstić information content (AvgIpc) is 2.96. The Hall–Kier alpha value is -2.06. The highest BCUT2D eigenvalue weighted by Crippen LogP contribution is 2.23. The van der Waals surface area contributed by atoms with Crippen molar-refractivity contribution in [3.05, 3.63) is 45.8 Å². The second-order valence-electron chi connectivity index (χ2n) is 5.36. The van der Waals surface area contributed by atoms with Gasteiger partial charge in [0.1, 0.15) is 5.82 Å². The second-order valence-corrected chi connectivity index (χ2v) is 6.09. The maximum atomic E-state index is 11.1. The fourth-order valence-corrected chi connectivity index (χ4v) is 3.28. The summed E-state index contributed by atoms with van der Waals surface area (Å²) in [5.74, 6) is 0.639. The molecule has 116 valence electrons. The lowest BCUT2D eigenvalue weighted by Gasteiger charge is -2.31. The molecule has 1 atom stereocenters. The number of rotatable bonds is 4. The van der Waals surface area contributed by atoms with E-state index in [9.17, 15) is 10.1 Å². The van der Waals surface area contributed by atoms with Crippen molar-refractivity contribution in [3.8, 4) is 0 Å². The van der Waals surface area contributed by atoms with Crippen LogP contribution in [-0.4, -0.2) is 40.0 Å². The maximum Gasteiger partial charge on any atom is 0.273 e. The van der Waals surface area contributed by atoms with Crippen molar-refractivity contribution < 1.29 is 4.92 Å². The first-order valence-electron chi connectivity index (χ1n) is 7.16. The normalized spacial score (nSPS) is 18.4. The zero-order valence-corrected chi connectivity index (χ0v) is 13.0. The predicted octanol–water partition coefficient (Wildman–Crippen LogP) is 1.84. The van der Waals surface area contributed by atoms with E-state index in [1.807, 2.05) is 0 Å². The van der Waals surface area contributed by atoms with Crippen LogP contribution in [0.2, 0.25) is 0 Å². The van der Waals surface area contributed by atoms with Gasteiger partial charge < -0.3 is 10.2 Å². The Bertz CT molecular complexity index is 675. The quantitative estimate of drug-likeness (QED) is 0.684. The van der Waals surface area contributed by atoms with Gasteiger partial charge in [-0.1, -0.05) is 18.2 Å². The molecule has 1 aromatic heterocycles. The van der Waals surface area contributed by atoms with Gasteiger partial charge in [-0.05, 0) is 6.92 Å². The number of anilines is 1. The number of hydrogen-bond acceptors (Lipinski definition) is 7. The topological polar surface area (TPSA) is 84.2 Å². The number of hydrogen-bond donors (Lipinski definition) is 1. The molecule has 1 fully saturated rings. The molecule has 0 bridgehead atoms. The van der Waals surface area contributed by atoms with Crippen LogP contribution in [0.4, 0.5) is 10.8 Å². The number of nitro groups is 1. The third-order valence-corrected chi connectivity index (χ3v) is 4.45. The van der Waals surface area contributed by atoms with Gasteiger partial charge in [-0.3, -0.25) is 10.1 Å². The van der Waals surface area contributed by atoms with Crippen LogP contribution >= 0.6 is 11.5 Å². The molecular formula is C14H17N5O2S. The summed E-state index contributed by atoms with van der Waals surface area (Å²) < 4.78 is 4.36. The summed E-state index contributed by atoms with van der Waals surface area (Å²) in [6.07, 6.45) is 0.384. The summed E-state index contributed by atoms with van der Waals surface area (Å²) in [4.78, 5) is 17.4. The number of benzene rings is 1. The largest absolute Gasteiger partial charge is 0.344 e. The zero-order chi connectivity index (χ0) is 15.5. The molecule has 1 unspecified atom stereocenters. The van der Waals surface area contributed by atoms with Gasteiger partial charge in [0, 0.05) is 55.3 Å². The van der Waals surface area contributed by atoms with Crippen LogP contribution in [0, 0.1) is 10.1 Å². The summed E-state index contributed by atoms with van der Waals surface area (Å²) in [6.45, 7) is 4.88. The molecule has 2 aromatic rings. The highest BCUT2D eigenvalue weighted by atomic mass is 32.1. The molecule has 0 saturated carbocycles. The Morgan fingerprint density at radius 2 is 2.32 bits per heavy atom. The van der Waals surface area contributed by atoms with E-state index in [0.717, 1.165) is 24.8 Å². The summed E-state index contributed by atoms with van der Waals surface area (Å²) in [5.41, 5.74) is 0.764. The lowest BCUT2D eigenvalue weighted by atomic mass is 10.1. The molecular weight excluding hydrogens is 302 g/mol. The highest BCUT2D eigenvalue weighted by Gasteiger charge is 2.20. The molecule has 0 amide bonds. The van der Waals surface area contributed by atoms with Crippen LogP contribution in [0.15, 0.2) is 24.3 Å². The van der Waals surface area contributed by atoms with Crippen LogP contribution in [0.5, 0.6) is 0 Å². The molecule has 1 aliphatic heterocycles. The fraction of sp³-hybridized carbons (Fsp3) is 0.429. The predicted molar refractivity (Wildman–Crippen MR) is 85.5 cm³/mol. The first-order valence-corrected chi connectivity index (χ1v) is 7.94. The van der Waals surface area contributed by atoms with Crippen molar-refractivity contribution in [2.24, 2.45) is 0 Å². The number of nitrogens with one attached hydrogen (secondary N) is 1. The molecule has 3 rings (SSSR count). The van der Waals surface area contributed by atoms with Crippen molar-refractivity contribution in [2.75, 3.05) is 24.5 Å². The fourth-order valence-electron chi connectivity index (χ4n) is 2.56. The van der Waals surface area contributed by atoms with Crippen molar-refractivity contribution in [2.45, 2.75) is 19.4 Å². The second kappa shape index (κ2) is 6.37. The van der Waals surface area contributed by atoms with Crippen molar-refractivity contribution in [1.82, 2.24) is 14.7 Å². The molecule has 0 aliphatic carbocycles. The first kappa shape index (κ1) is 14.9. The van der Waals surface area contributed by atoms with Crippen LogP contribution in [0.25, 0.3) is 0 Å². The van der Waals surface area contributed by atoms with Crippen LogP contribution in [-0.2, 0) is 6.42 Å². The Kier molecular flexibility index (Phi) is 4.30. The Morgan fingerprint density at radius 3 is 3.09 bits per heavy atom. The summed E-state index contributed by atoms with van der Waals surface area (Å²) >= 11 is 1.36. The Balaban J connectivity index is 1.76. The Labute approximate surface area is 132 Å². The molecule has 0 radical (unpaired) electrons. The standard InChI is InChI=1S/C14H17N5O2S/c1-10-9-18(7-6-15-10)14-16-13(17-22-14)8-11-4-2-3-5-12(11)19(20)21/h2-5,10,15H,6-9H2,1H3. The summed E-state index contributed by atoms with van der Waals surface area (Å²) in [5, 5.41) is 15.3. The lowest BCUT2D eigenvalue weighted by molar-refractivity contribution is -0.385. The van der Waals surface area contributed by atoms with Gasteiger partial charge in [0.2, 0.25) is 5.13 Å². The smallest absolute Gasteiger partial charge is 0.273 e. The number of aromatic nitrogens is 2. The number of nitrogens with zero attached hydrogens (tertiary/aromatic N) is 4. The molecule has 7 nitrogen and oxygen atoms in total. The number of nitro benzene ring substituents is 1. The SMILES string of the molecule is CC1CN(c2nc(Cc3ccccc3[N+](=O)[O-])ns2)CCN1. The number of para-hydroxylation sites is 1. The minimum Gasteiger partial charge on any atom is -0.344 e. The zero-order valence-electron chi connectivity index (χ0n) is 12.2. The maximum absolute atomic E-state index is 11.1. The van der Waals surface area contributed by atoms with Crippen molar-refractivity contribution >= 4 is 22.4 Å². The molecule has 1 N–H and O–H groups in total. The minimum absolute atomic E-state index is 0.120. The Morgan fingerprint density at radius 1 is 1.50 bits per heavy atom. The number of piperazine rings is 1. The van der Waals surface area contributed by atoms with Gasteiger partial charge >= 0.3 is 0 Å². The highest BCUT2D eigenvalue weighted by molar-refractivity contribution is 7.09. The summed E-state index contributed by atoms with van der Waals surface area (Å²) in [7, 11) is 0. The van der Waals surface area contributed by atoms with E-state index < -0.39 is 0 Å². The van der Waals surface area contributed by atoms with E-state index >= 15 is 0 Å².